The van der Waals surface area contributed by atoms with Crippen molar-refractivity contribution < 1.29 is 0 Å². The maximum atomic E-state index is 6.12. The van der Waals surface area contributed by atoms with Crippen molar-refractivity contribution in [1.82, 2.24) is 0 Å². The fourth-order valence-electron chi connectivity index (χ4n) is 2.68. The first-order chi connectivity index (χ1) is 9.70. The van der Waals surface area contributed by atoms with Crippen LogP contribution < -0.4 is 9.80 Å². The van der Waals surface area contributed by atoms with Crippen LogP contribution in [-0.4, -0.2) is 20.1 Å². The molecule has 3 rings (SSSR count). The molecule has 0 radical (unpaired) electrons. The van der Waals surface area contributed by atoms with E-state index in [1.807, 2.05) is 0 Å². The van der Waals surface area contributed by atoms with Gasteiger partial charge in [0.2, 0.25) is 0 Å². The summed E-state index contributed by atoms with van der Waals surface area (Å²) in [5, 5.41) is 0. The van der Waals surface area contributed by atoms with Crippen molar-refractivity contribution in [2.75, 3.05) is 29.9 Å². The molecule has 1 aliphatic heterocycles. The van der Waals surface area contributed by atoms with Crippen LogP contribution in [0.3, 0.4) is 0 Å². The summed E-state index contributed by atoms with van der Waals surface area (Å²) in [7, 11) is 2.14. The van der Waals surface area contributed by atoms with Gasteiger partial charge in [-0.25, -0.2) is 0 Å². The topological polar surface area (TPSA) is 6.48 Å². The molecule has 0 bridgehead atoms. The van der Waals surface area contributed by atoms with Crippen molar-refractivity contribution in [1.29, 1.82) is 0 Å². The average molecular weight is 352 g/mol. The molecule has 0 unspecified atom stereocenters. The van der Waals surface area contributed by atoms with Crippen LogP contribution >= 0.6 is 27.5 Å². The fourth-order valence-corrected chi connectivity index (χ4v) is 3.30. The molecule has 2 nitrogen and oxygen atoms in total. The highest BCUT2D eigenvalue weighted by Gasteiger charge is 2.22. The molecule has 2 aromatic carbocycles. The SMILES string of the molecule is CN1CCN(c2ccc(Br)cc2CCl)c2ccccc21. The molecule has 0 fully saturated rings. The molecule has 0 saturated carbocycles. The molecular weight excluding hydrogens is 336 g/mol. The van der Waals surface area contributed by atoms with E-state index in [1.54, 1.807) is 0 Å². The minimum atomic E-state index is 0.517. The zero-order chi connectivity index (χ0) is 14.1. The number of benzene rings is 2. The van der Waals surface area contributed by atoms with Crippen molar-refractivity contribution in [2.24, 2.45) is 0 Å². The van der Waals surface area contributed by atoms with Crippen LogP contribution in [0.25, 0.3) is 0 Å². The van der Waals surface area contributed by atoms with Crippen LogP contribution in [0.15, 0.2) is 46.9 Å². The lowest BCUT2D eigenvalue weighted by molar-refractivity contribution is 0.820. The number of alkyl halides is 1. The Balaban J connectivity index is 2.10. The maximum Gasteiger partial charge on any atom is 0.0649 e. The Kier molecular flexibility index (Phi) is 3.90. The van der Waals surface area contributed by atoms with Gasteiger partial charge in [-0.05, 0) is 35.9 Å². The van der Waals surface area contributed by atoms with Crippen LogP contribution in [0.5, 0.6) is 0 Å². The number of anilines is 3. The number of rotatable bonds is 2. The van der Waals surface area contributed by atoms with E-state index in [2.05, 4.69) is 75.2 Å². The van der Waals surface area contributed by atoms with Crippen molar-refractivity contribution >= 4 is 44.6 Å². The van der Waals surface area contributed by atoms with Gasteiger partial charge in [-0.2, -0.15) is 0 Å². The van der Waals surface area contributed by atoms with Gasteiger partial charge in [-0.15, -0.1) is 11.6 Å². The Morgan fingerprint density at radius 2 is 1.80 bits per heavy atom. The fraction of sp³-hybridized carbons (Fsp3) is 0.250. The molecule has 0 atom stereocenters. The molecule has 0 saturated heterocycles. The van der Waals surface area contributed by atoms with E-state index < -0.39 is 0 Å². The first-order valence-corrected chi connectivity index (χ1v) is 7.95. The van der Waals surface area contributed by atoms with Crippen LogP contribution in [0.2, 0.25) is 0 Å². The molecule has 0 aliphatic carbocycles. The quantitative estimate of drug-likeness (QED) is 0.719. The number of halogens is 2. The molecule has 4 heteroatoms. The molecule has 0 aromatic heterocycles. The van der Waals surface area contributed by atoms with E-state index in [4.69, 9.17) is 11.6 Å². The normalized spacial score (nSPS) is 14.3. The number of hydrogen-bond acceptors (Lipinski definition) is 2. The van der Waals surface area contributed by atoms with Crippen LogP contribution in [0.1, 0.15) is 5.56 Å². The van der Waals surface area contributed by atoms with E-state index in [0.29, 0.717) is 5.88 Å². The van der Waals surface area contributed by atoms with Gasteiger partial charge in [0.05, 0.1) is 11.4 Å². The molecule has 104 valence electrons. The molecule has 0 amide bonds. The van der Waals surface area contributed by atoms with Gasteiger partial charge in [-0.3, -0.25) is 0 Å². The monoisotopic (exact) mass is 350 g/mol. The highest BCUT2D eigenvalue weighted by Crippen LogP contribution is 2.39. The third-order valence-corrected chi connectivity index (χ3v) is 4.50. The molecule has 20 heavy (non-hydrogen) atoms. The second-order valence-electron chi connectivity index (χ2n) is 4.97. The van der Waals surface area contributed by atoms with Gasteiger partial charge in [0.25, 0.3) is 0 Å². The Morgan fingerprint density at radius 1 is 1.05 bits per heavy atom. The lowest BCUT2D eigenvalue weighted by Crippen LogP contribution is -2.36. The second-order valence-corrected chi connectivity index (χ2v) is 6.15. The minimum absolute atomic E-state index is 0.517. The van der Waals surface area contributed by atoms with Gasteiger partial charge in [0.1, 0.15) is 0 Å². The van der Waals surface area contributed by atoms with E-state index in [1.165, 1.54) is 17.1 Å². The van der Waals surface area contributed by atoms with Crippen molar-refractivity contribution in [3.63, 3.8) is 0 Å². The van der Waals surface area contributed by atoms with E-state index in [0.717, 1.165) is 23.1 Å². The van der Waals surface area contributed by atoms with Gasteiger partial charge < -0.3 is 9.80 Å². The predicted molar refractivity (Wildman–Crippen MR) is 90.4 cm³/mol. The molecule has 0 N–H and O–H groups in total. The lowest BCUT2D eigenvalue weighted by atomic mass is 10.1. The largest absolute Gasteiger partial charge is 0.371 e. The summed E-state index contributed by atoms with van der Waals surface area (Å²) in [6.45, 7) is 1.98. The number of hydrogen-bond donors (Lipinski definition) is 0. The Hall–Kier alpha value is -1.19. The summed E-state index contributed by atoms with van der Waals surface area (Å²) in [5.41, 5.74) is 4.86. The standard InChI is InChI=1S/C16H16BrClN2/c1-19-8-9-20(16-5-3-2-4-15(16)19)14-7-6-13(17)10-12(14)11-18/h2-7,10H,8-9,11H2,1H3. The summed E-state index contributed by atoms with van der Waals surface area (Å²) in [4.78, 5) is 4.66. The summed E-state index contributed by atoms with van der Waals surface area (Å²) in [5.74, 6) is 0.517. The summed E-state index contributed by atoms with van der Waals surface area (Å²) in [6, 6.07) is 14.8. The third kappa shape index (κ3) is 2.40. The van der Waals surface area contributed by atoms with Crippen LogP contribution in [0.4, 0.5) is 17.1 Å². The van der Waals surface area contributed by atoms with Gasteiger partial charge in [0.15, 0.2) is 0 Å². The zero-order valence-electron chi connectivity index (χ0n) is 11.3. The Labute approximate surface area is 133 Å². The predicted octanol–water partition coefficient (Wildman–Crippen LogP) is 4.78. The Morgan fingerprint density at radius 3 is 2.55 bits per heavy atom. The molecule has 1 heterocycles. The van der Waals surface area contributed by atoms with Crippen molar-refractivity contribution in [3.05, 3.63) is 52.5 Å². The van der Waals surface area contributed by atoms with Gasteiger partial charge in [-0.1, -0.05) is 28.1 Å². The summed E-state index contributed by atoms with van der Waals surface area (Å²) in [6.07, 6.45) is 0. The Bertz CT molecular complexity index is 630. The van der Waals surface area contributed by atoms with Gasteiger partial charge >= 0.3 is 0 Å². The number of fused-ring (bicyclic) bond motifs is 1. The number of para-hydroxylation sites is 2. The third-order valence-electron chi connectivity index (χ3n) is 3.72. The number of nitrogens with zero attached hydrogens (tertiary/aromatic N) is 2. The highest BCUT2D eigenvalue weighted by atomic mass is 79.9. The summed E-state index contributed by atoms with van der Waals surface area (Å²) >= 11 is 9.64. The van der Waals surface area contributed by atoms with Crippen LogP contribution in [0, 0.1) is 0 Å². The maximum absolute atomic E-state index is 6.12. The average Bonchev–Trinajstić information content (AvgIpc) is 2.48. The van der Waals surface area contributed by atoms with Gasteiger partial charge in [0, 0.05) is 36.2 Å². The highest BCUT2D eigenvalue weighted by molar-refractivity contribution is 9.10. The molecular formula is C16H16BrClN2. The van der Waals surface area contributed by atoms with E-state index >= 15 is 0 Å². The molecule has 2 aromatic rings. The van der Waals surface area contributed by atoms with Crippen LogP contribution in [-0.2, 0) is 5.88 Å². The molecule has 1 aliphatic rings. The van der Waals surface area contributed by atoms with Crippen molar-refractivity contribution in [3.8, 4) is 0 Å². The first kappa shape index (κ1) is 13.8. The minimum Gasteiger partial charge on any atom is -0.371 e. The smallest absolute Gasteiger partial charge is 0.0649 e. The number of likely N-dealkylation sites (N-methyl/N-ethyl adjacent to an activating group) is 1. The van der Waals surface area contributed by atoms with E-state index in [-0.39, 0.29) is 0 Å². The molecule has 0 spiro atoms. The summed E-state index contributed by atoms with van der Waals surface area (Å²) < 4.78 is 1.07. The second kappa shape index (κ2) is 5.66. The van der Waals surface area contributed by atoms with E-state index in [9.17, 15) is 0 Å². The lowest BCUT2D eigenvalue weighted by Gasteiger charge is -2.37. The van der Waals surface area contributed by atoms with Crippen molar-refractivity contribution in [2.45, 2.75) is 5.88 Å². The zero-order valence-corrected chi connectivity index (χ0v) is 13.7. The first-order valence-electron chi connectivity index (χ1n) is 6.63.